The number of aliphatic hydroxyl groups is 2. The van der Waals surface area contributed by atoms with Gasteiger partial charge in [-0.15, -0.1) is 0 Å². The van der Waals surface area contributed by atoms with Crippen LogP contribution in [-0.4, -0.2) is 40.5 Å². The smallest absolute Gasteiger partial charge is 0.328 e. The van der Waals surface area contributed by atoms with Crippen LogP contribution in [0, 0.1) is 0 Å². The molecule has 0 saturated carbocycles. The number of hydrogen-bond acceptors (Lipinski definition) is 5. The molecule has 0 radical (unpaired) electrons. The van der Waals surface area contributed by atoms with Crippen molar-refractivity contribution in [3.63, 3.8) is 0 Å². The Hall–Kier alpha value is -1.14. The summed E-state index contributed by atoms with van der Waals surface area (Å²) in [6.45, 7) is 0.603. The van der Waals surface area contributed by atoms with E-state index >= 15 is 0 Å². The summed E-state index contributed by atoms with van der Waals surface area (Å²) < 4.78 is 4.59. The maximum absolute atomic E-state index is 11.2. The SMILES string of the molecule is CC(O)(O)COC(=O)[C@H]1CCC(=O)N1. The van der Waals surface area contributed by atoms with Crippen LogP contribution in [0.3, 0.4) is 0 Å². The molecule has 1 atom stereocenters. The summed E-state index contributed by atoms with van der Waals surface area (Å²) in [5.41, 5.74) is 0. The van der Waals surface area contributed by atoms with Crippen LogP contribution in [0.4, 0.5) is 0 Å². The first-order valence-corrected chi connectivity index (χ1v) is 4.29. The van der Waals surface area contributed by atoms with E-state index < -0.39 is 24.4 Å². The Morgan fingerprint density at radius 3 is 2.79 bits per heavy atom. The summed E-state index contributed by atoms with van der Waals surface area (Å²) in [4.78, 5) is 21.9. The number of nitrogens with one attached hydrogen (secondary N) is 1. The fourth-order valence-corrected chi connectivity index (χ4v) is 1.10. The number of rotatable bonds is 3. The van der Waals surface area contributed by atoms with Gasteiger partial charge in [-0.3, -0.25) is 4.79 Å². The first kappa shape index (κ1) is 10.9. The van der Waals surface area contributed by atoms with Crippen LogP contribution in [0.2, 0.25) is 0 Å². The molecule has 0 aromatic rings. The number of carbonyl (C=O) groups excluding carboxylic acids is 2. The lowest BCUT2D eigenvalue weighted by molar-refractivity contribution is -0.193. The zero-order valence-electron chi connectivity index (χ0n) is 7.82. The van der Waals surface area contributed by atoms with Crippen molar-refractivity contribution in [3.8, 4) is 0 Å². The van der Waals surface area contributed by atoms with Crippen LogP contribution in [0.15, 0.2) is 0 Å². The zero-order valence-corrected chi connectivity index (χ0v) is 7.82. The fourth-order valence-electron chi connectivity index (χ4n) is 1.10. The maximum Gasteiger partial charge on any atom is 0.328 e. The van der Waals surface area contributed by atoms with Crippen LogP contribution in [0.25, 0.3) is 0 Å². The molecule has 1 heterocycles. The second kappa shape index (κ2) is 3.93. The van der Waals surface area contributed by atoms with E-state index in [4.69, 9.17) is 10.2 Å². The quantitative estimate of drug-likeness (QED) is 0.383. The second-order valence-electron chi connectivity index (χ2n) is 3.48. The third-order valence-electron chi connectivity index (χ3n) is 1.77. The Kier molecular flexibility index (Phi) is 3.07. The van der Waals surface area contributed by atoms with Crippen molar-refractivity contribution in [3.05, 3.63) is 0 Å². The van der Waals surface area contributed by atoms with Crippen molar-refractivity contribution < 1.29 is 24.5 Å². The van der Waals surface area contributed by atoms with E-state index in [2.05, 4.69) is 10.1 Å². The van der Waals surface area contributed by atoms with Gasteiger partial charge in [0, 0.05) is 6.42 Å². The van der Waals surface area contributed by atoms with E-state index in [9.17, 15) is 9.59 Å². The molecule has 1 amide bonds. The van der Waals surface area contributed by atoms with Crippen molar-refractivity contribution in [2.45, 2.75) is 31.6 Å². The highest BCUT2D eigenvalue weighted by Gasteiger charge is 2.29. The van der Waals surface area contributed by atoms with Crippen LogP contribution in [0.5, 0.6) is 0 Å². The van der Waals surface area contributed by atoms with Gasteiger partial charge in [0.2, 0.25) is 5.91 Å². The van der Waals surface area contributed by atoms with E-state index in [1.807, 2.05) is 0 Å². The first-order valence-electron chi connectivity index (χ1n) is 4.29. The molecule has 1 rings (SSSR count). The van der Waals surface area contributed by atoms with E-state index in [1.165, 1.54) is 0 Å². The highest BCUT2D eigenvalue weighted by Crippen LogP contribution is 2.09. The molecule has 0 bridgehead atoms. The van der Waals surface area contributed by atoms with Gasteiger partial charge in [-0.1, -0.05) is 0 Å². The monoisotopic (exact) mass is 203 g/mol. The summed E-state index contributed by atoms with van der Waals surface area (Å²) in [6.07, 6.45) is 0.695. The van der Waals surface area contributed by atoms with Crippen LogP contribution in [0.1, 0.15) is 19.8 Å². The van der Waals surface area contributed by atoms with Crippen molar-refractivity contribution in [1.82, 2.24) is 5.32 Å². The molecule has 6 nitrogen and oxygen atoms in total. The molecule has 6 heteroatoms. The van der Waals surface area contributed by atoms with Gasteiger partial charge in [-0.2, -0.15) is 0 Å². The molecule has 1 fully saturated rings. The predicted octanol–water partition coefficient (Wildman–Crippen LogP) is -1.49. The molecular weight excluding hydrogens is 190 g/mol. The molecule has 0 unspecified atom stereocenters. The third-order valence-corrected chi connectivity index (χ3v) is 1.77. The van der Waals surface area contributed by atoms with Gasteiger partial charge >= 0.3 is 5.97 Å². The Morgan fingerprint density at radius 1 is 1.71 bits per heavy atom. The van der Waals surface area contributed by atoms with Gasteiger partial charge in [0.25, 0.3) is 0 Å². The van der Waals surface area contributed by atoms with Gasteiger partial charge in [0.05, 0.1) is 0 Å². The van der Waals surface area contributed by atoms with Gasteiger partial charge in [-0.25, -0.2) is 4.79 Å². The summed E-state index contributed by atoms with van der Waals surface area (Å²) >= 11 is 0. The lowest BCUT2D eigenvalue weighted by atomic mass is 10.2. The lowest BCUT2D eigenvalue weighted by Gasteiger charge is -2.17. The molecule has 14 heavy (non-hydrogen) atoms. The Labute approximate surface area is 80.9 Å². The summed E-state index contributed by atoms with van der Waals surface area (Å²) in [7, 11) is 0. The molecule has 0 aromatic heterocycles. The summed E-state index contributed by atoms with van der Waals surface area (Å²) in [5.74, 6) is -2.86. The van der Waals surface area contributed by atoms with Crippen molar-refractivity contribution in [2.75, 3.05) is 6.61 Å². The molecule has 1 saturated heterocycles. The van der Waals surface area contributed by atoms with Crippen molar-refractivity contribution in [2.24, 2.45) is 0 Å². The first-order chi connectivity index (χ1) is 6.38. The molecule has 0 spiro atoms. The molecule has 1 aliphatic rings. The number of ether oxygens (including phenoxy) is 1. The van der Waals surface area contributed by atoms with E-state index in [1.54, 1.807) is 0 Å². The standard InChI is InChI=1S/C8H13NO5/c1-8(12,13)4-14-7(11)5-2-3-6(10)9-5/h5,12-13H,2-4H2,1H3,(H,9,10)/t5-/m1/s1. The molecular formula is C8H13NO5. The van der Waals surface area contributed by atoms with E-state index in [0.717, 1.165) is 6.92 Å². The lowest BCUT2D eigenvalue weighted by Crippen LogP contribution is -2.38. The number of carbonyl (C=O) groups is 2. The topological polar surface area (TPSA) is 95.9 Å². The van der Waals surface area contributed by atoms with Crippen LogP contribution >= 0.6 is 0 Å². The largest absolute Gasteiger partial charge is 0.458 e. The molecule has 80 valence electrons. The zero-order chi connectivity index (χ0) is 10.8. The Morgan fingerprint density at radius 2 is 2.36 bits per heavy atom. The van der Waals surface area contributed by atoms with Gasteiger partial charge < -0.3 is 20.3 Å². The highest BCUT2D eigenvalue weighted by atomic mass is 16.6. The predicted molar refractivity (Wildman–Crippen MR) is 45.0 cm³/mol. The minimum atomic E-state index is -2.03. The fraction of sp³-hybridized carbons (Fsp3) is 0.750. The molecule has 3 N–H and O–H groups in total. The maximum atomic E-state index is 11.2. The number of esters is 1. The van der Waals surface area contributed by atoms with Crippen molar-refractivity contribution in [1.29, 1.82) is 0 Å². The summed E-state index contributed by atoms with van der Waals surface area (Å²) in [5, 5.41) is 20.1. The molecule has 0 aromatic carbocycles. The minimum absolute atomic E-state index is 0.192. The van der Waals surface area contributed by atoms with Gasteiger partial charge in [0.15, 0.2) is 5.79 Å². The van der Waals surface area contributed by atoms with Gasteiger partial charge in [-0.05, 0) is 13.3 Å². The average molecular weight is 203 g/mol. The third kappa shape index (κ3) is 3.31. The number of hydrogen-bond donors (Lipinski definition) is 3. The van der Waals surface area contributed by atoms with E-state index in [-0.39, 0.29) is 5.91 Å². The highest BCUT2D eigenvalue weighted by molar-refractivity contribution is 5.88. The minimum Gasteiger partial charge on any atom is -0.458 e. The molecule has 1 aliphatic heterocycles. The van der Waals surface area contributed by atoms with Gasteiger partial charge in [0.1, 0.15) is 12.6 Å². The van der Waals surface area contributed by atoms with Crippen LogP contribution in [-0.2, 0) is 14.3 Å². The van der Waals surface area contributed by atoms with Crippen LogP contribution < -0.4 is 5.32 Å². The number of amides is 1. The normalized spacial score (nSPS) is 21.9. The Balaban J connectivity index is 2.32. The van der Waals surface area contributed by atoms with Crippen molar-refractivity contribution >= 4 is 11.9 Å². The Bertz CT molecular complexity index is 245. The molecule has 0 aliphatic carbocycles. The second-order valence-corrected chi connectivity index (χ2v) is 3.48. The summed E-state index contributed by atoms with van der Waals surface area (Å²) in [6, 6.07) is -0.648. The van der Waals surface area contributed by atoms with E-state index in [0.29, 0.717) is 12.8 Å². The average Bonchev–Trinajstić information content (AvgIpc) is 2.46.